The molecule has 0 bridgehead atoms. The number of ether oxygens (including phenoxy) is 1. The van der Waals surface area contributed by atoms with E-state index in [1.165, 1.54) is 12.4 Å². The maximum atomic E-state index is 13.0. The first-order valence-corrected chi connectivity index (χ1v) is 10.2. The van der Waals surface area contributed by atoms with Crippen molar-refractivity contribution >= 4 is 17.9 Å². The third kappa shape index (κ3) is 6.24. The summed E-state index contributed by atoms with van der Waals surface area (Å²) in [7, 11) is 1.74. The van der Waals surface area contributed by atoms with Crippen LogP contribution in [0.4, 0.5) is 29.5 Å². The van der Waals surface area contributed by atoms with Crippen LogP contribution in [0.1, 0.15) is 19.3 Å². The van der Waals surface area contributed by atoms with Gasteiger partial charge in [0.05, 0.1) is 25.0 Å². The molecular weight excluding hydrogens is 448 g/mol. The molecule has 0 aromatic carbocycles. The van der Waals surface area contributed by atoms with Crippen molar-refractivity contribution in [1.82, 2.24) is 19.9 Å². The van der Waals surface area contributed by atoms with E-state index in [4.69, 9.17) is 14.6 Å². The van der Waals surface area contributed by atoms with Crippen molar-refractivity contribution in [3.8, 4) is 0 Å². The maximum absolute atomic E-state index is 13.0. The fourth-order valence-corrected chi connectivity index (χ4v) is 4.19. The minimum absolute atomic E-state index is 0.221. The molecule has 4 rings (SSSR count). The Morgan fingerprint density at radius 2 is 1.73 bits per heavy atom. The zero-order valence-electron chi connectivity index (χ0n) is 17.9. The summed E-state index contributed by atoms with van der Waals surface area (Å²) in [6, 6.07) is 2.12. The van der Waals surface area contributed by atoms with Gasteiger partial charge in [0, 0.05) is 39.1 Å². The lowest BCUT2D eigenvalue weighted by Gasteiger charge is -2.39. The predicted octanol–water partition coefficient (Wildman–Crippen LogP) is 2.55. The van der Waals surface area contributed by atoms with Crippen molar-refractivity contribution in [3.63, 3.8) is 0 Å². The van der Waals surface area contributed by atoms with E-state index in [0.29, 0.717) is 12.6 Å². The highest BCUT2D eigenvalue weighted by Gasteiger charge is 2.46. The first-order valence-electron chi connectivity index (χ1n) is 10.2. The largest absolute Gasteiger partial charge is 0.490 e. The molecule has 180 valence electrons. The Labute approximate surface area is 187 Å². The number of aliphatic carboxylic acids is 1. The van der Waals surface area contributed by atoms with Crippen LogP contribution in [0, 0.1) is 11.2 Å². The number of hydrogen-bond donors (Lipinski definition) is 1. The number of hydrogen-bond acceptors (Lipinski definition) is 8. The summed E-state index contributed by atoms with van der Waals surface area (Å²) in [6.45, 7) is 3.34. The lowest BCUT2D eigenvalue weighted by Crippen LogP contribution is -2.42. The van der Waals surface area contributed by atoms with E-state index < -0.39 is 18.0 Å². The van der Waals surface area contributed by atoms with Crippen LogP contribution in [0.5, 0.6) is 0 Å². The van der Waals surface area contributed by atoms with Gasteiger partial charge in [0.1, 0.15) is 0 Å². The molecule has 1 unspecified atom stereocenters. The molecule has 0 amide bonds. The van der Waals surface area contributed by atoms with Crippen LogP contribution in [0.15, 0.2) is 30.9 Å². The quantitative estimate of drug-likeness (QED) is 0.672. The number of carboxylic acid groups (broad SMARTS) is 1. The third-order valence-electron chi connectivity index (χ3n) is 5.74. The number of anilines is 2. The van der Waals surface area contributed by atoms with Gasteiger partial charge >= 0.3 is 12.1 Å². The van der Waals surface area contributed by atoms with Gasteiger partial charge in [-0.3, -0.25) is 0 Å². The predicted molar refractivity (Wildman–Crippen MR) is 109 cm³/mol. The second-order valence-electron chi connectivity index (χ2n) is 7.98. The number of piperidine rings is 1. The number of alkyl halides is 3. The average molecular weight is 472 g/mol. The van der Waals surface area contributed by atoms with E-state index in [9.17, 15) is 17.6 Å². The van der Waals surface area contributed by atoms with Gasteiger partial charge in [-0.25, -0.2) is 29.1 Å². The molecule has 0 saturated carbocycles. The molecule has 2 fully saturated rings. The van der Waals surface area contributed by atoms with E-state index in [1.807, 2.05) is 6.07 Å². The number of aromatic nitrogens is 4. The maximum Gasteiger partial charge on any atom is 0.490 e. The topological polar surface area (TPSA) is 105 Å². The normalized spacial score (nSPS) is 19.8. The Kier molecular flexibility index (Phi) is 7.61. The molecule has 1 N–H and O–H groups in total. The minimum atomic E-state index is -5.08. The van der Waals surface area contributed by atoms with Gasteiger partial charge in [-0.2, -0.15) is 13.2 Å². The highest BCUT2D eigenvalue weighted by molar-refractivity contribution is 5.73. The van der Waals surface area contributed by atoms with Crippen LogP contribution in [0.25, 0.3) is 0 Å². The number of carboxylic acids is 1. The molecule has 2 aromatic rings. The average Bonchev–Trinajstić information content (AvgIpc) is 3.13. The molecule has 13 heteroatoms. The summed E-state index contributed by atoms with van der Waals surface area (Å²) in [5, 5.41) is 7.12. The van der Waals surface area contributed by atoms with Gasteiger partial charge < -0.3 is 19.6 Å². The molecule has 0 aliphatic carbocycles. The third-order valence-corrected chi connectivity index (χ3v) is 5.74. The lowest BCUT2D eigenvalue weighted by molar-refractivity contribution is -0.192. The van der Waals surface area contributed by atoms with Crippen LogP contribution in [0.3, 0.4) is 0 Å². The second kappa shape index (κ2) is 10.2. The Bertz CT molecular complexity index is 908. The zero-order valence-corrected chi connectivity index (χ0v) is 17.9. The van der Waals surface area contributed by atoms with Gasteiger partial charge in [0.15, 0.2) is 5.82 Å². The molecule has 33 heavy (non-hydrogen) atoms. The van der Waals surface area contributed by atoms with Crippen molar-refractivity contribution in [1.29, 1.82) is 0 Å². The molecule has 0 radical (unpaired) electrons. The van der Waals surface area contributed by atoms with E-state index in [-0.39, 0.29) is 11.5 Å². The lowest BCUT2D eigenvalue weighted by atomic mass is 9.76. The highest BCUT2D eigenvalue weighted by Crippen LogP contribution is 2.44. The van der Waals surface area contributed by atoms with Crippen LogP contribution >= 0.6 is 0 Å². The Morgan fingerprint density at radius 3 is 2.24 bits per heavy atom. The monoisotopic (exact) mass is 472 g/mol. The standard InChI is InChI=1S/C18H23FN6O.C2HF3O2/c1-26-12-15-9-18(13-25(15)17-20-5-2-6-21-17)3-7-24(8-4-18)16-22-10-14(19)11-23-16;3-2(4,5)1(6)7/h2,5-6,10-11,15H,3-4,7-9,12-13H2,1H3;(H,6,7). The molecule has 2 aliphatic heterocycles. The SMILES string of the molecule is COCC1CC2(CCN(c3ncc(F)cn3)CC2)CN1c1ncccn1.O=C(O)C(F)(F)F. The number of methoxy groups -OCH3 is 1. The highest BCUT2D eigenvalue weighted by atomic mass is 19.4. The van der Waals surface area contributed by atoms with Crippen molar-refractivity contribution in [2.24, 2.45) is 5.41 Å². The van der Waals surface area contributed by atoms with Crippen LogP contribution < -0.4 is 9.80 Å². The second-order valence-corrected chi connectivity index (χ2v) is 7.98. The number of rotatable bonds is 4. The summed E-state index contributed by atoms with van der Waals surface area (Å²) < 4.78 is 50.2. The van der Waals surface area contributed by atoms with Crippen molar-refractivity contribution < 1.29 is 32.2 Å². The van der Waals surface area contributed by atoms with Crippen LogP contribution in [-0.4, -0.2) is 76.6 Å². The number of carbonyl (C=O) groups is 1. The summed E-state index contributed by atoms with van der Waals surface area (Å²) in [5.41, 5.74) is 0.221. The van der Waals surface area contributed by atoms with Gasteiger partial charge in [-0.15, -0.1) is 0 Å². The number of halogens is 4. The molecule has 2 saturated heterocycles. The van der Waals surface area contributed by atoms with Crippen molar-refractivity contribution in [3.05, 3.63) is 36.7 Å². The van der Waals surface area contributed by atoms with Gasteiger partial charge in [0.2, 0.25) is 11.9 Å². The Hall–Kier alpha value is -3.09. The number of nitrogens with zero attached hydrogens (tertiary/aromatic N) is 6. The van der Waals surface area contributed by atoms with Gasteiger partial charge in [-0.05, 0) is 30.7 Å². The minimum Gasteiger partial charge on any atom is -0.475 e. The molecule has 2 aromatic heterocycles. The van der Waals surface area contributed by atoms with Gasteiger partial charge in [0.25, 0.3) is 0 Å². The van der Waals surface area contributed by atoms with Crippen LogP contribution in [0.2, 0.25) is 0 Å². The molecule has 1 atom stereocenters. The van der Waals surface area contributed by atoms with Crippen molar-refractivity contribution in [2.75, 3.05) is 43.2 Å². The van der Waals surface area contributed by atoms with E-state index in [0.717, 1.165) is 44.8 Å². The smallest absolute Gasteiger partial charge is 0.475 e. The van der Waals surface area contributed by atoms with Gasteiger partial charge in [-0.1, -0.05) is 0 Å². The molecule has 1 spiro atoms. The summed E-state index contributed by atoms with van der Waals surface area (Å²) in [4.78, 5) is 30.4. The molecule has 4 heterocycles. The summed E-state index contributed by atoms with van der Waals surface area (Å²) in [5.74, 6) is -1.78. The summed E-state index contributed by atoms with van der Waals surface area (Å²) >= 11 is 0. The first kappa shape index (κ1) is 24.6. The molecular formula is C20H24F4N6O3. The van der Waals surface area contributed by atoms with E-state index >= 15 is 0 Å². The van der Waals surface area contributed by atoms with E-state index in [1.54, 1.807) is 19.5 Å². The fraction of sp³-hybridized carbons (Fsp3) is 0.550. The molecule has 2 aliphatic rings. The fourth-order valence-electron chi connectivity index (χ4n) is 4.19. The summed E-state index contributed by atoms with van der Waals surface area (Å²) in [6.07, 6.45) is 4.08. The Morgan fingerprint density at radius 1 is 1.15 bits per heavy atom. The van der Waals surface area contributed by atoms with E-state index in [2.05, 4.69) is 29.7 Å². The van der Waals surface area contributed by atoms with Crippen LogP contribution in [-0.2, 0) is 9.53 Å². The Balaban J connectivity index is 0.000000383. The van der Waals surface area contributed by atoms with Crippen molar-refractivity contribution in [2.45, 2.75) is 31.5 Å². The zero-order chi connectivity index (χ0) is 24.1. The molecule has 9 nitrogen and oxygen atoms in total. The first-order chi connectivity index (χ1) is 15.6.